The van der Waals surface area contributed by atoms with Gasteiger partial charge in [0.2, 0.25) is 17.7 Å². The molecule has 2 saturated carbocycles. The predicted octanol–water partition coefficient (Wildman–Crippen LogP) is 2.07. The van der Waals surface area contributed by atoms with Gasteiger partial charge in [0.15, 0.2) is 0 Å². The molecule has 0 radical (unpaired) electrons. The molecule has 6 atom stereocenters. The van der Waals surface area contributed by atoms with Crippen molar-refractivity contribution in [2.24, 2.45) is 29.6 Å². The minimum Gasteiger partial charge on any atom is -0.341 e. The molecule has 3 amide bonds. The van der Waals surface area contributed by atoms with E-state index in [1.54, 1.807) is 16.7 Å². The summed E-state index contributed by atoms with van der Waals surface area (Å²) >= 11 is 2.98. The number of hydrogen-bond acceptors (Lipinski definition) is 6. The second-order valence-electron chi connectivity index (χ2n) is 10.3. The first-order chi connectivity index (χ1) is 14.8. The van der Waals surface area contributed by atoms with E-state index in [0.717, 1.165) is 48.7 Å². The molecule has 2 aliphatic carbocycles. The van der Waals surface area contributed by atoms with Gasteiger partial charge in [0, 0.05) is 28.6 Å². The van der Waals surface area contributed by atoms with Crippen molar-refractivity contribution in [3.05, 3.63) is 14.5 Å². The number of thiazole rings is 1. The van der Waals surface area contributed by atoms with Gasteiger partial charge < -0.3 is 9.88 Å². The molecule has 166 valence electrons. The number of nitrogens with zero attached hydrogens (tertiary/aromatic N) is 2. The third kappa shape index (κ3) is 2.65. The van der Waals surface area contributed by atoms with Gasteiger partial charge in [0.05, 0.1) is 16.9 Å². The van der Waals surface area contributed by atoms with Crippen LogP contribution < -0.4 is 4.87 Å². The first-order valence-corrected chi connectivity index (χ1v) is 13.0. The normalized spacial score (nSPS) is 37.7. The van der Waals surface area contributed by atoms with E-state index in [1.807, 2.05) is 0 Å². The number of aromatic amines is 1. The number of aromatic nitrogens is 1. The van der Waals surface area contributed by atoms with Gasteiger partial charge in [-0.3, -0.25) is 24.1 Å². The second kappa shape index (κ2) is 6.70. The minimum atomic E-state index is -0.303. The molecule has 4 heterocycles. The SMILES string of the molecule is CC1(C)c2sc(=O)[nH]c2SC2C3CC(C4C(=O)N(CC(=O)N5CCCCC5)C(=O)C34)C21. The van der Waals surface area contributed by atoms with Crippen molar-refractivity contribution in [1.29, 1.82) is 0 Å². The second-order valence-corrected chi connectivity index (χ2v) is 12.5. The molecule has 6 rings (SSSR count). The highest BCUT2D eigenvalue weighted by atomic mass is 32.2. The first kappa shape index (κ1) is 20.0. The molecule has 0 aromatic carbocycles. The Balaban J connectivity index is 1.29. The smallest absolute Gasteiger partial charge is 0.305 e. The molecule has 2 bridgehead atoms. The lowest BCUT2D eigenvalue weighted by Gasteiger charge is -2.47. The summed E-state index contributed by atoms with van der Waals surface area (Å²) in [6.45, 7) is 5.71. The molecule has 31 heavy (non-hydrogen) atoms. The number of H-pyrrole nitrogens is 1. The van der Waals surface area contributed by atoms with Crippen molar-refractivity contribution >= 4 is 40.8 Å². The summed E-state index contributed by atoms with van der Waals surface area (Å²) in [4.78, 5) is 58.7. The van der Waals surface area contributed by atoms with Crippen LogP contribution in [0.4, 0.5) is 0 Å². The van der Waals surface area contributed by atoms with Gasteiger partial charge in [-0.05, 0) is 43.4 Å². The number of carbonyl (C=O) groups excluding carboxylic acids is 3. The van der Waals surface area contributed by atoms with Crippen molar-refractivity contribution in [2.45, 2.75) is 55.2 Å². The summed E-state index contributed by atoms with van der Waals surface area (Å²) in [7, 11) is 0. The number of amides is 3. The van der Waals surface area contributed by atoms with E-state index in [2.05, 4.69) is 18.8 Å². The fourth-order valence-corrected chi connectivity index (χ4v) is 10.4. The lowest BCUT2D eigenvalue weighted by molar-refractivity contribution is -0.147. The number of nitrogens with one attached hydrogen (secondary N) is 1. The number of carbonyl (C=O) groups is 3. The van der Waals surface area contributed by atoms with E-state index in [0.29, 0.717) is 0 Å². The fourth-order valence-electron chi connectivity index (χ4n) is 7.25. The van der Waals surface area contributed by atoms with Gasteiger partial charge in [-0.25, -0.2) is 0 Å². The summed E-state index contributed by atoms with van der Waals surface area (Å²) in [5, 5.41) is 1.17. The molecule has 1 N–H and O–H groups in total. The van der Waals surface area contributed by atoms with Gasteiger partial charge in [0.25, 0.3) is 0 Å². The molecule has 4 fully saturated rings. The number of fused-ring (bicyclic) bond motifs is 9. The predicted molar refractivity (Wildman–Crippen MR) is 117 cm³/mol. The molecule has 2 saturated heterocycles. The third-order valence-corrected chi connectivity index (χ3v) is 11.3. The Labute approximate surface area is 188 Å². The quantitative estimate of drug-likeness (QED) is 0.681. The van der Waals surface area contributed by atoms with E-state index in [4.69, 9.17) is 0 Å². The molecular formula is C22H27N3O4S2. The Morgan fingerprint density at radius 2 is 1.74 bits per heavy atom. The standard InChI is InChI=1S/C22H27N3O4S2/c1-22(2)15-10-8-11(16(15)30-18-17(22)31-21(29)23-18)14-13(10)19(27)25(20(14)28)9-12(26)24-6-4-3-5-7-24/h10-11,13-16H,3-9H2,1-2H3,(H,23,29). The Morgan fingerprint density at radius 1 is 1.06 bits per heavy atom. The third-order valence-electron chi connectivity index (χ3n) is 8.48. The molecule has 0 spiro atoms. The van der Waals surface area contributed by atoms with E-state index in [1.165, 1.54) is 16.2 Å². The fraction of sp³-hybridized carbons (Fsp3) is 0.727. The number of piperidine rings is 1. The number of imide groups is 1. The average molecular weight is 462 g/mol. The van der Waals surface area contributed by atoms with Gasteiger partial charge in [-0.1, -0.05) is 25.2 Å². The van der Waals surface area contributed by atoms with Crippen LogP contribution in [-0.2, 0) is 19.8 Å². The van der Waals surface area contributed by atoms with Crippen LogP contribution in [0.15, 0.2) is 9.82 Å². The molecular weight excluding hydrogens is 434 g/mol. The highest BCUT2D eigenvalue weighted by Gasteiger charge is 2.70. The number of rotatable bonds is 2. The van der Waals surface area contributed by atoms with Crippen LogP contribution in [0.3, 0.4) is 0 Å². The summed E-state index contributed by atoms with van der Waals surface area (Å²) in [5.74, 6) is -0.452. The van der Waals surface area contributed by atoms with Crippen molar-refractivity contribution in [2.75, 3.05) is 19.6 Å². The maximum atomic E-state index is 13.4. The molecule has 6 unspecified atom stereocenters. The first-order valence-electron chi connectivity index (χ1n) is 11.3. The van der Waals surface area contributed by atoms with E-state index in [-0.39, 0.29) is 69.4 Å². The molecule has 7 nitrogen and oxygen atoms in total. The molecule has 5 aliphatic rings. The summed E-state index contributed by atoms with van der Waals surface area (Å²) in [6.07, 6.45) is 4.01. The van der Waals surface area contributed by atoms with Crippen LogP contribution in [0, 0.1) is 29.6 Å². The van der Waals surface area contributed by atoms with Crippen LogP contribution in [0.25, 0.3) is 0 Å². The zero-order valence-electron chi connectivity index (χ0n) is 17.8. The van der Waals surface area contributed by atoms with Gasteiger partial charge in [0.1, 0.15) is 6.54 Å². The molecule has 9 heteroatoms. The van der Waals surface area contributed by atoms with E-state index in [9.17, 15) is 19.2 Å². The Kier molecular flexibility index (Phi) is 4.33. The Morgan fingerprint density at radius 3 is 2.45 bits per heavy atom. The maximum Gasteiger partial charge on any atom is 0.305 e. The lowest BCUT2D eigenvalue weighted by atomic mass is 9.64. The van der Waals surface area contributed by atoms with Crippen molar-refractivity contribution < 1.29 is 14.4 Å². The highest BCUT2D eigenvalue weighted by Crippen LogP contribution is 2.68. The largest absolute Gasteiger partial charge is 0.341 e. The number of thioether (sulfide) groups is 1. The van der Waals surface area contributed by atoms with Crippen LogP contribution in [0.2, 0.25) is 0 Å². The lowest BCUT2D eigenvalue weighted by Crippen LogP contribution is -2.48. The number of likely N-dealkylation sites (tertiary alicyclic amines) is 2. The Hall–Kier alpha value is -1.61. The van der Waals surface area contributed by atoms with Gasteiger partial charge in [-0.15, -0.1) is 11.8 Å². The summed E-state index contributed by atoms with van der Waals surface area (Å²) < 4.78 is 0. The van der Waals surface area contributed by atoms with Crippen molar-refractivity contribution in [1.82, 2.24) is 14.8 Å². The van der Waals surface area contributed by atoms with Crippen LogP contribution >= 0.6 is 23.1 Å². The monoisotopic (exact) mass is 461 g/mol. The summed E-state index contributed by atoms with van der Waals surface area (Å²) in [5.41, 5.74) is -0.209. The van der Waals surface area contributed by atoms with Crippen LogP contribution in [0.5, 0.6) is 0 Å². The zero-order valence-corrected chi connectivity index (χ0v) is 19.4. The van der Waals surface area contributed by atoms with Crippen LogP contribution in [-0.4, -0.2) is 57.4 Å². The topological polar surface area (TPSA) is 90.6 Å². The van der Waals surface area contributed by atoms with Gasteiger partial charge >= 0.3 is 4.87 Å². The summed E-state index contributed by atoms with van der Waals surface area (Å²) in [6, 6.07) is 0. The van der Waals surface area contributed by atoms with Gasteiger partial charge in [-0.2, -0.15) is 0 Å². The van der Waals surface area contributed by atoms with E-state index < -0.39 is 0 Å². The van der Waals surface area contributed by atoms with Crippen molar-refractivity contribution in [3.63, 3.8) is 0 Å². The molecule has 1 aromatic rings. The number of hydrogen-bond donors (Lipinski definition) is 1. The minimum absolute atomic E-state index is 0.0346. The highest BCUT2D eigenvalue weighted by molar-refractivity contribution is 8.00. The van der Waals surface area contributed by atoms with Crippen molar-refractivity contribution in [3.8, 4) is 0 Å². The zero-order chi connectivity index (χ0) is 21.7. The molecule has 3 aliphatic heterocycles. The van der Waals surface area contributed by atoms with E-state index >= 15 is 0 Å². The Bertz CT molecular complexity index is 1040. The maximum absolute atomic E-state index is 13.4. The molecule has 1 aromatic heterocycles. The van der Waals surface area contributed by atoms with Crippen LogP contribution in [0.1, 0.15) is 44.4 Å². The average Bonchev–Trinajstić information content (AvgIpc) is 3.47.